The molecular weight excluding hydrogens is 519 g/mol. The average Bonchev–Trinajstić information content (AvgIpc) is 3.72. The van der Waals surface area contributed by atoms with Crippen LogP contribution in [0.5, 0.6) is 0 Å². The van der Waals surface area contributed by atoms with Crippen molar-refractivity contribution in [3.05, 3.63) is 64.5 Å². The number of anilines is 2. The molecule has 0 N–H and O–H groups in total. The van der Waals surface area contributed by atoms with E-state index in [1.54, 1.807) is 23.1 Å². The normalized spacial score (nSPS) is 19.6. The summed E-state index contributed by atoms with van der Waals surface area (Å²) in [7, 11) is 0. The zero-order valence-electron chi connectivity index (χ0n) is 23.1. The fourth-order valence-corrected chi connectivity index (χ4v) is 6.09. The molecule has 40 heavy (non-hydrogen) atoms. The minimum absolute atomic E-state index is 0.00591. The van der Waals surface area contributed by atoms with Crippen LogP contribution in [0, 0.1) is 13.8 Å². The molecule has 0 radical (unpaired) electrons. The molecule has 1 aliphatic carbocycles. The van der Waals surface area contributed by atoms with E-state index in [2.05, 4.69) is 24.9 Å². The van der Waals surface area contributed by atoms with Crippen LogP contribution in [0.1, 0.15) is 59.6 Å². The van der Waals surface area contributed by atoms with Crippen LogP contribution >= 0.6 is 0 Å². The van der Waals surface area contributed by atoms with Crippen LogP contribution in [0.15, 0.2) is 30.6 Å². The molecule has 1 amide bonds. The van der Waals surface area contributed by atoms with Crippen molar-refractivity contribution in [2.45, 2.75) is 71.3 Å². The van der Waals surface area contributed by atoms with E-state index in [0.717, 1.165) is 41.4 Å². The number of benzene rings is 1. The molecule has 2 fully saturated rings. The molecule has 1 saturated carbocycles. The SMILES string of the molecule is Cc1cc(C)n(CC(=O)N2CCN(c3ccc(C(F)(F)F)c4c3CN(c3cnc(C5CC5)nc3)CC4)CC2C)n1. The van der Waals surface area contributed by atoms with Crippen molar-refractivity contribution in [1.82, 2.24) is 24.6 Å². The number of rotatable bonds is 5. The zero-order valence-corrected chi connectivity index (χ0v) is 23.1. The average molecular weight is 554 g/mol. The van der Waals surface area contributed by atoms with E-state index in [0.29, 0.717) is 56.2 Å². The van der Waals surface area contributed by atoms with E-state index >= 15 is 0 Å². The maximum absolute atomic E-state index is 14.0. The van der Waals surface area contributed by atoms with Gasteiger partial charge in [-0.3, -0.25) is 9.48 Å². The number of amides is 1. The monoisotopic (exact) mass is 553 g/mol. The third-order valence-corrected chi connectivity index (χ3v) is 8.34. The third kappa shape index (κ3) is 5.13. The molecule has 4 heterocycles. The summed E-state index contributed by atoms with van der Waals surface area (Å²) >= 11 is 0. The Morgan fingerprint density at radius 2 is 1.77 bits per heavy atom. The van der Waals surface area contributed by atoms with Crippen LogP contribution in [0.3, 0.4) is 0 Å². The summed E-state index contributed by atoms with van der Waals surface area (Å²) < 4.78 is 43.7. The number of carbonyl (C=O) groups excluding carboxylic acids is 1. The van der Waals surface area contributed by atoms with E-state index in [1.807, 2.05) is 31.7 Å². The van der Waals surface area contributed by atoms with Crippen molar-refractivity contribution in [1.29, 1.82) is 0 Å². The second kappa shape index (κ2) is 10.1. The number of alkyl halides is 3. The first-order chi connectivity index (χ1) is 19.1. The van der Waals surface area contributed by atoms with Gasteiger partial charge in [-0.25, -0.2) is 9.97 Å². The Hall–Kier alpha value is -3.63. The molecule has 1 aromatic carbocycles. The summed E-state index contributed by atoms with van der Waals surface area (Å²) in [6, 6.07) is 4.68. The fourth-order valence-electron chi connectivity index (χ4n) is 6.09. The predicted octanol–water partition coefficient (Wildman–Crippen LogP) is 4.49. The second-order valence-corrected chi connectivity index (χ2v) is 11.3. The number of aryl methyl sites for hydroxylation is 2. The third-order valence-electron chi connectivity index (χ3n) is 8.34. The van der Waals surface area contributed by atoms with Gasteiger partial charge in [-0.15, -0.1) is 0 Å². The number of hydrogen-bond acceptors (Lipinski definition) is 6. The van der Waals surface area contributed by atoms with Crippen LogP contribution < -0.4 is 9.80 Å². The number of fused-ring (bicyclic) bond motifs is 1. The van der Waals surface area contributed by atoms with Crippen molar-refractivity contribution >= 4 is 17.3 Å². The van der Waals surface area contributed by atoms with Crippen LogP contribution in [-0.4, -0.2) is 62.8 Å². The first-order valence-electron chi connectivity index (χ1n) is 13.9. The highest BCUT2D eigenvalue weighted by molar-refractivity contribution is 5.77. The van der Waals surface area contributed by atoms with E-state index < -0.39 is 11.7 Å². The molecule has 1 atom stereocenters. The number of aromatic nitrogens is 4. The Balaban J connectivity index is 1.23. The fraction of sp³-hybridized carbons (Fsp3) is 0.517. The highest BCUT2D eigenvalue weighted by Gasteiger charge is 2.38. The quantitative estimate of drug-likeness (QED) is 0.464. The van der Waals surface area contributed by atoms with Crippen molar-refractivity contribution < 1.29 is 18.0 Å². The molecular formula is C29H34F3N7O. The van der Waals surface area contributed by atoms with Gasteiger partial charge in [-0.1, -0.05) is 0 Å². The predicted molar refractivity (Wildman–Crippen MR) is 145 cm³/mol. The van der Waals surface area contributed by atoms with Gasteiger partial charge in [0.2, 0.25) is 5.91 Å². The van der Waals surface area contributed by atoms with Gasteiger partial charge >= 0.3 is 6.18 Å². The van der Waals surface area contributed by atoms with Gasteiger partial charge in [0.1, 0.15) is 12.4 Å². The van der Waals surface area contributed by atoms with Gasteiger partial charge in [-0.2, -0.15) is 18.3 Å². The molecule has 0 spiro atoms. The Bertz CT molecular complexity index is 1410. The molecule has 3 aliphatic rings. The summed E-state index contributed by atoms with van der Waals surface area (Å²) in [6.45, 7) is 8.40. The smallest absolute Gasteiger partial charge is 0.367 e. The Morgan fingerprint density at radius 3 is 2.40 bits per heavy atom. The molecule has 1 unspecified atom stereocenters. The zero-order chi connectivity index (χ0) is 28.2. The number of halogens is 3. The summed E-state index contributed by atoms with van der Waals surface area (Å²) in [5.74, 6) is 1.28. The molecule has 2 aromatic heterocycles. The van der Waals surface area contributed by atoms with Gasteiger partial charge in [0.05, 0.1) is 29.3 Å². The Labute approximate surface area is 231 Å². The lowest BCUT2D eigenvalue weighted by Gasteiger charge is -2.43. The minimum Gasteiger partial charge on any atom is -0.367 e. The van der Waals surface area contributed by atoms with Gasteiger partial charge in [0.15, 0.2) is 0 Å². The highest BCUT2D eigenvalue weighted by Crippen LogP contribution is 2.41. The van der Waals surface area contributed by atoms with E-state index in [9.17, 15) is 18.0 Å². The molecule has 0 bridgehead atoms. The van der Waals surface area contributed by atoms with Gasteiger partial charge in [-0.05, 0) is 69.4 Å². The van der Waals surface area contributed by atoms with E-state index in [-0.39, 0.29) is 18.5 Å². The lowest BCUT2D eigenvalue weighted by Crippen LogP contribution is -2.55. The largest absolute Gasteiger partial charge is 0.416 e. The molecule has 6 rings (SSSR count). The first-order valence-corrected chi connectivity index (χ1v) is 13.9. The van der Waals surface area contributed by atoms with Crippen LogP contribution in [0.4, 0.5) is 24.5 Å². The maximum atomic E-state index is 14.0. The van der Waals surface area contributed by atoms with Crippen molar-refractivity contribution in [2.24, 2.45) is 0 Å². The number of carbonyl (C=O) groups is 1. The number of hydrogen-bond donors (Lipinski definition) is 0. The second-order valence-electron chi connectivity index (χ2n) is 11.3. The molecule has 11 heteroatoms. The highest BCUT2D eigenvalue weighted by atomic mass is 19.4. The van der Waals surface area contributed by atoms with Crippen molar-refractivity contribution in [2.75, 3.05) is 36.0 Å². The molecule has 3 aromatic rings. The van der Waals surface area contributed by atoms with Crippen LogP contribution in [-0.2, 0) is 30.5 Å². The Kier molecular flexibility index (Phi) is 6.70. The molecule has 212 valence electrons. The lowest BCUT2D eigenvalue weighted by molar-refractivity contribution is -0.138. The summed E-state index contributed by atoms with van der Waals surface area (Å²) in [5.41, 5.74) is 3.94. The first kappa shape index (κ1) is 26.6. The Morgan fingerprint density at radius 1 is 1.02 bits per heavy atom. The van der Waals surface area contributed by atoms with E-state index in [4.69, 9.17) is 0 Å². The van der Waals surface area contributed by atoms with Gasteiger partial charge < -0.3 is 14.7 Å². The van der Waals surface area contributed by atoms with Crippen molar-refractivity contribution in [3.63, 3.8) is 0 Å². The number of nitrogens with zero attached hydrogens (tertiary/aromatic N) is 7. The topological polar surface area (TPSA) is 70.4 Å². The lowest BCUT2D eigenvalue weighted by atomic mass is 9.91. The molecule has 8 nitrogen and oxygen atoms in total. The summed E-state index contributed by atoms with van der Waals surface area (Å²) in [5, 5.41) is 4.41. The van der Waals surface area contributed by atoms with Crippen LogP contribution in [0.25, 0.3) is 0 Å². The molecule has 1 saturated heterocycles. The summed E-state index contributed by atoms with van der Waals surface area (Å²) in [6.07, 6.45) is 1.70. The number of piperazine rings is 1. The van der Waals surface area contributed by atoms with Crippen LogP contribution in [0.2, 0.25) is 0 Å². The maximum Gasteiger partial charge on any atom is 0.416 e. The standard InChI is InChI=1S/C29H34F3N7O/c1-18-12-19(2)39(35-18)17-27(40)38-11-10-37(15-20(38)3)26-7-6-25(29(30,31)32)23-8-9-36(16-24(23)26)22-13-33-28(34-14-22)21-4-5-21/h6-7,12-14,20-21H,4-5,8-11,15-17H2,1-3H3. The summed E-state index contributed by atoms with van der Waals surface area (Å²) in [4.78, 5) is 28.3. The van der Waals surface area contributed by atoms with E-state index in [1.165, 1.54) is 6.07 Å². The van der Waals surface area contributed by atoms with Gasteiger partial charge in [0.25, 0.3) is 0 Å². The van der Waals surface area contributed by atoms with Gasteiger partial charge in [0, 0.05) is 56.1 Å². The molecule has 2 aliphatic heterocycles. The minimum atomic E-state index is -4.42. The van der Waals surface area contributed by atoms with Crippen molar-refractivity contribution in [3.8, 4) is 0 Å².